The molecule has 0 aliphatic heterocycles. The highest BCUT2D eigenvalue weighted by Crippen LogP contribution is 2.65. The first-order valence-corrected chi connectivity index (χ1v) is 63.6. The lowest BCUT2D eigenvalue weighted by Crippen LogP contribution is -2.34. The first kappa shape index (κ1) is 115. The lowest BCUT2D eigenvalue weighted by Gasteiger charge is -2.34. The van der Waals surface area contributed by atoms with E-state index in [1.165, 1.54) is 216 Å². The summed E-state index contributed by atoms with van der Waals surface area (Å²) in [4.78, 5) is 0. The van der Waals surface area contributed by atoms with Crippen molar-refractivity contribution in [2.75, 3.05) is 0 Å². The van der Waals surface area contributed by atoms with E-state index < -0.39 is 0 Å². The van der Waals surface area contributed by atoms with Gasteiger partial charge in [0.1, 0.15) is 0 Å². The molecule has 0 aromatic heterocycles. The van der Waals surface area contributed by atoms with Crippen molar-refractivity contribution in [2.24, 2.45) is 166 Å². The topological polar surface area (TPSA) is 92.3 Å². The van der Waals surface area contributed by atoms with Crippen molar-refractivity contribution >= 4 is 10.8 Å². The fraction of sp³-hybridized carbons (Fsp3) is 0.757. The van der Waals surface area contributed by atoms with Crippen LogP contribution in [0.25, 0.3) is 10.8 Å². The molecule has 5 aromatic carbocycles. The van der Waals surface area contributed by atoms with E-state index in [4.69, 9.17) is 47.4 Å². The van der Waals surface area contributed by atoms with Crippen LogP contribution < -0.4 is 0 Å². The van der Waals surface area contributed by atoms with Crippen LogP contribution in [0.5, 0.6) is 0 Å². The number of benzene rings is 5. The molecule has 5 aromatic rings. The lowest BCUT2D eigenvalue weighted by atomic mass is 9.80. The second-order valence-corrected chi connectivity index (χ2v) is 55.0. The van der Waals surface area contributed by atoms with Crippen molar-refractivity contribution in [1.82, 2.24) is 0 Å². The first-order chi connectivity index (χ1) is 72.3. The summed E-state index contributed by atoms with van der Waals surface area (Å²) in [6.45, 7) is 52.9. The molecular formula is C140H212O10. The van der Waals surface area contributed by atoms with Gasteiger partial charge in [0.2, 0.25) is 0 Å². The van der Waals surface area contributed by atoms with Crippen molar-refractivity contribution in [3.8, 4) is 0 Å². The van der Waals surface area contributed by atoms with Crippen molar-refractivity contribution in [1.29, 1.82) is 0 Å². The van der Waals surface area contributed by atoms with E-state index in [2.05, 4.69) is 312 Å². The third-order valence-electron chi connectivity index (χ3n) is 43.4. The van der Waals surface area contributed by atoms with Gasteiger partial charge < -0.3 is 47.4 Å². The molecule has 22 aliphatic rings. The van der Waals surface area contributed by atoms with Crippen LogP contribution in [0.3, 0.4) is 0 Å². The fourth-order valence-corrected chi connectivity index (χ4v) is 34.6. The average molecular weight is 2060 g/mol. The van der Waals surface area contributed by atoms with Gasteiger partial charge in [-0.15, -0.1) is 0 Å². The van der Waals surface area contributed by atoms with Gasteiger partial charge in [-0.2, -0.15) is 0 Å². The van der Waals surface area contributed by atoms with Crippen LogP contribution in [0.15, 0.2) is 146 Å². The van der Waals surface area contributed by atoms with Crippen LogP contribution >= 0.6 is 0 Å². The largest absolute Gasteiger partial charge is 0.375 e. The normalized spacial score (nSPS) is 36.5. The second-order valence-electron chi connectivity index (χ2n) is 55.0. The molecular weight excluding hydrogens is 1840 g/mol. The Balaban J connectivity index is 0.000000109. The quantitative estimate of drug-likeness (QED) is 0.0473. The molecule has 27 rings (SSSR count). The van der Waals surface area contributed by atoms with E-state index >= 15 is 0 Å². The van der Waals surface area contributed by atoms with Gasteiger partial charge in [-0.3, -0.25) is 0 Å². The monoisotopic (exact) mass is 2050 g/mol. The maximum absolute atomic E-state index is 6.31. The molecule has 38 unspecified atom stereocenters. The number of hydrogen-bond acceptors (Lipinski definition) is 10. The van der Waals surface area contributed by atoms with E-state index in [1.807, 2.05) is 0 Å². The molecule has 0 heterocycles. The molecule has 0 spiro atoms. The molecule has 38 atom stereocenters. The molecule has 832 valence electrons. The Kier molecular flexibility index (Phi) is 40.2. The highest BCUT2D eigenvalue weighted by molar-refractivity contribution is 5.91. The van der Waals surface area contributed by atoms with Gasteiger partial charge in [0, 0.05) is 6.42 Å². The maximum Gasteiger partial charge on any atom is 0.0875 e. The molecule has 10 heteroatoms. The zero-order valence-electron chi connectivity index (χ0n) is 98.7. The summed E-state index contributed by atoms with van der Waals surface area (Å²) in [5.41, 5.74) is 11.6. The summed E-state index contributed by atoms with van der Waals surface area (Å²) in [5, 5.41) is 2.76. The summed E-state index contributed by atoms with van der Waals surface area (Å²) < 4.78 is 61.1. The zero-order valence-corrected chi connectivity index (χ0v) is 98.7. The minimum absolute atomic E-state index is 0.239. The Morgan fingerprint density at radius 2 is 0.507 bits per heavy atom. The highest BCUT2D eigenvalue weighted by Gasteiger charge is 2.60. The average Bonchev–Trinajstić information content (AvgIpc) is 1.56. The Labute approximate surface area is 914 Å². The second kappa shape index (κ2) is 52.5. The van der Waals surface area contributed by atoms with E-state index in [-0.39, 0.29) is 6.10 Å². The molecule has 0 radical (unpaired) electrons. The molecule has 15 saturated carbocycles. The highest BCUT2D eigenvalue weighted by atomic mass is 16.5. The molecule has 12 bridgehead atoms. The smallest absolute Gasteiger partial charge is 0.0875 e. The van der Waals surface area contributed by atoms with E-state index in [9.17, 15) is 0 Å². The zero-order chi connectivity index (χ0) is 106. The number of rotatable bonds is 27. The van der Waals surface area contributed by atoms with Gasteiger partial charge >= 0.3 is 0 Å². The van der Waals surface area contributed by atoms with Crippen LogP contribution in [0.1, 0.15) is 390 Å². The number of ether oxygens (including phenoxy) is 10. The van der Waals surface area contributed by atoms with Crippen molar-refractivity contribution in [2.45, 2.75) is 507 Å². The molecule has 0 amide bonds. The van der Waals surface area contributed by atoms with Gasteiger partial charge in [-0.25, -0.2) is 0 Å². The number of hydrogen-bond donors (Lipinski definition) is 0. The van der Waals surface area contributed by atoms with Crippen molar-refractivity contribution in [3.05, 3.63) is 190 Å². The molecule has 22 aliphatic carbocycles. The van der Waals surface area contributed by atoms with E-state index in [0.717, 1.165) is 200 Å². The lowest BCUT2D eigenvalue weighted by molar-refractivity contribution is -0.0669. The number of allylic oxidation sites excluding steroid dienone is 6. The molecule has 15 fully saturated rings. The van der Waals surface area contributed by atoms with Crippen LogP contribution in [-0.2, 0) is 92.3 Å². The van der Waals surface area contributed by atoms with Gasteiger partial charge in [-0.1, -0.05) is 241 Å². The predicted octanol–water partition coefficient (Wildman–Crippen LogP) is 34.1. The summed E-state index contributed by atoms with van der Waals surface area (Å²) in [6.07, 6.45) is 69.3. The van der Waals surface area contributed by atoms with E-state index in [1.54, 1.807) is 0 Å². The minimum Gasteiger partial charge on any atom is -0.375 e. The van der Waals surface area contributed by atoms with Crippen molar-refractivity contribution in [3.63, 3.8) is 0 Å². The summed E-state index contributed by atoms with van der Waals surface area (Å²) >= 11 is 0. The van der Waals surface area contributed by atoms with Crippen molar-refractivity contribution < 1.29 is 47.4 Å². The predicted molar refractivity (Wildman–Crippen MR) is 621 cm³/mol. The number of fused-ring (bicyclic) bond motifs is 33. The van der Waals surface area contributed by atoms with Crippen LogP contribution in [-0.4, -0.2) is 116 Å². The summed E-state index contributed by atoms with van der Waals surface area (Å²) in [5.74, 6) is 25.9. The van der Waals surface area contributed by atoms with E-state index in [0.29, 0.717) is 140 Å². The SMILES string of the molecule is CC(C)C(C)OC1CC2CC1C1C=CCC21.CC(C)C(C)OC1CC2CC1C1CCCC21.CC(C)C(C)OC1Cc2cccc3cccc1c23.CC(C)C(C)OC1Cc2ccccc2C1.CC(C)OC1CC2CC1C1C=CCC21.CC(C)OC1CC2CC1C1CCCC21.CC(C)OC1Cc2ccccc2C1.CCC(C)OC1CC2CC1C1C=CCC21.CCC(C)OC1CC2CC1C1CCCC21.CCC(C)OC1Cc2ccccc2C1. The molecule has 150 heavy (non-hydrogen) atoms. The van der Waals surface area contributed by atoms with Gasteiger partial charge in [0.05, 0.1) is 122 Å². The summed E-state index contributed by atoms with van der Waals surface area (Å²) in [7, 11) is 0. The molecule has 10 nitrogen and oxygen atoms in total. The first-order valence-electron chi connectivity index (χ1n) is 63.6. The molecule has 0 saturated heterocycles. The Morgan fingerprint density at radius 1 is 0.233 bits per heavy atom. The Hall–Kier alpha value is -4.82. The summed E-state index contributed by atoms with van der Waals surface area (Å²) in [6, 6.07) is 39.1. The van der Waals surface area contributed by atoms with Crippen LogP contribution in [0, 0.1) is 166 Å². The fourth-order valence-electron chi connectivity index (χ4n) is 34.6. The maximum atomic E-state index is 6.31. The standard InChI is InChI=1S/C17H20O.C15H26O.C15H24O.C14H24O.C14H22O.C14H20O.C13H22O.C13H20O.C13H18O.C12H16O/c1-11(2)12(3)18-16-10-14-8-4-6-13-7-5-9-15(16)17(13)14;2*1-9(2)10(3)16-15-8-11-7-14(15)13-6-4-5-12(11)13;2*1-3-9(2)15-14-8-10-7-13(14)12-6-4-5-11(10)12;1-10(2)11(3)15-14-8-12-6-4-5-7-13(12)9-14;2*1-8(2)14-13-7-9-6-12(13)11-5-3-4-10(9)11;1-3-10(2)14-13-8-11-6-4-5-7-12(11)9-13;1-9(2)13-12-7-10-5-3-4-6-11(10)8-12/h4-9,11-12,16H,10H2,1-3H3;9-15H,4-8H2,1-3H3;4,6,9-15H,5,7-8H2,1-3H3;9-14H,3-8H2,1-2H3;4,6,9-14H,3,5,7-8H2,1-2H3;4-7,10-11,14H,8-9H2,1-3H3;8-13H,3-7H2,1-2H3;3,5,8-13H,4,6-7H2,1-2H3;4-7,10,13H,3,8-9H2,1-2H3;3-6,9,12H,7-8H2,1-2H3. The Bertz CT molecular complexity index is 4990. The minimum atomic E-state index is 0.239. The van der Waals surface area contributed by atoms with Crippen LogP contribution in [0.2, 0.25) is 0 Å². The molecule has 0 N–H and O–H groups in total. The van der Waals surface area contributed by atoms with Crippen LogP contribution in [0.4, 0.5) is 0 Å². The third-order valence-corrected chi connectivity index (χ3v) is 43.4. The Morgan fingerprint density at radius 3 is 0.860 bits per heavy atom. The van der Waals surface area contributed by atoms with Gasteiger partial charge in [0.25, 0.3) is 0 Å². The third kappa shape index (κ3) is 27.2. The van der Waals surface area contributed by atoms with Gasteiger partial charge in [-0.05, 0) is 504 Å². The van der Waals surface area contributed by atoms with Gasteiger partial charge in [0.15, 0.2) is 0 Å².